The molecule has 0 aliphatic rings. The number of carbonyl (C=O) groups is 1. The third kappa shape index (κ3) is 54.8. The van der Waals surface area contributed by atoms with Crippen LogP contribution in [0.2, 0.25) is 0 Å². The second-order valence-electron chi connectivity index (χ2n) is 18.2. The predicted octanol–water partition coefficient (Wildman–Crippen LogP) is 19.0. The van der Waals surface area contributed by atoms with Crippen LogP contribution in [-0.4, -0.2) is 34.9 Å². The molecule has 3 N–H and O–H groups in total. The highest BCUT2D eigenvalue weighted by Gasteiger charge is 2.17. The fourth-order valence-corrected chi connectivity index (χ4v) is 7.47. The van der Waals surface area contributed by atoms with Gasteiger partial charge in [0.1, 0.15) is 0 Å². The lowest BCUT2D eigenvalue weighted by Crippen LogP contribution is -2.45. The summed E-state index contributed by atoms with van der Waals surface area (Å²) in [5, 5.41) is 23.1. The number of carbonyl (C=O) groups excluding carboxylic acids is 1. The maximum absolute atomic E-state index is 12.5. The van der Waals surface area contributed by atoms with Crippen LogP contribution in [0.3, 0.4) is 0 Å². The van der Waals surface area contributed by atoms with Gasteiger partial charge in [-0.25, -0.2) is 0 Å². The molecular weight excluding hydrogens is 843 g/mol. The molecular formula is C65H105NO3. The van der Waals surface area contributed by atoms with Gasteiger partial charge in [-0.15, -0.1) is 0 Å². The van der Waals surface area contributed by atoms with Crippen LogP contribution in [0.15, 0.2) is 158 Å². The second-order valence-corrected chi connectivity index (χ2v) is 18.2. The standard InChI is InChI=1S/C65H105NO3/c1-3-5-7-9-11-13-15-17-19-21-23-25-27-29-30-31-32-33-34-35-36-37-39-41-43-45-47-49-51-53-55-57-59-61-65(69)66-63(62-67)64(68)60-58-56-54-52-50-48-46-44-42-40-38-28-26-24-22-20-18-16-14-12-10-8-6-4-2/h5,7,11,13,17,19,23,25,29-30,32-33,35-36,39,41-42,44-45,47,50-53,58,60,63-64,67-68H,3-4,6,8-10,12,14-16,18,20-22,24,26-28,31,34,37-38,40,43,46,48-49,54-57,59,61-62H2,1-2H3,(H,66,69)/b7-5-,13-11-,19-17-,25-23-,30-29-,33-32-,36-35-,41-39-,44-42+,47-45-,52-50+,53-51-,60-58+. The summed E-state index contributed by atoms with van der Waals surface area (Å²) in [6, 6.07) is -0.683. The van der Waals surface area contributed by atoms with Gasteiger partial charge in [0.25, 0.3) is 0 Å². The molecule has 0 fully saturated rings. The molecule has 2 atom stereocenters. The van der Waals surface area contributed by atoms with Crippen molar-refractivity contribution in [2.75, 3.05) is 6.61 Å². The van der Waals surface area contributed by atoms with Crippen molar-refractivity contribution in [1.29, 1.82) is 0 Å². The number of hydrogen-bond donors (Lipinski definition) is 3. The molecule has 388 valence electrons. The lowest BCUT2D eigenvalue weighted by molar-refractivity contribution is -0.123. The molecule has 0 aromatic heterocycles. The van der Waals surface area contributed by atoms with Crippen molar-refractivity contribution >= 4 is 5.91 Å². The van der Waals surface area contributed by atoms with Gasteiger partial charge in [0.15, 0.2) is 0 Å². The zero-order chi connectivity index (χ0) is 49.9. The van der Waals surface area contributed by atoms with Gasteiger partial charge in [0.2, 0.25) is 5.91 Å². The van der Waals surface area contributed by atoms with Crippen molar-refractivity contribution in [3.8, 4) is 0 Å². The van der Waals surface area contributed by atoms with Crippen molar-refractivity contribution in [2.24, 2.45) is 0 Å². The first-order valence-corrected chi connectivity index (χ1v) is 28.2. The molecule has 2 unspecified atom stereocenters. The molecule has 4 heteroatoms. The summed E-state index contributed by atoms with van der Waals surface area (Å²) in [7, 11) is 0. The highest BCUT2D eigenvalue weighted by molar-refractivity contribution is 5.76. The van der Waals surface area contributed by atoms with E-state index in [9.17, 15) is 15.0 Å². The van der Waals surface area contributed by atoms with E-state index in [1.165, 1.54) is 96.3 Å². The van der Waals surface area contributed by atoms with Crippen molar-refractivity contribution in [3.05, 3.63) is 158 Å². The Balaban J connectivity index is 3.77. The molecule has 0 saturated heterocycles. The molecule has 0 aromatic carbocycles. The number of aliphatic hydroxyl groups is 2. The highest BCUT2D eigenvalue weighted by Crippen LogP contribution is 2.14. The average molecular weight is 949 g/mol. The Morgan fingerprint density at radius 2 is 0.652 bits per heavy atom. The predicted molar refractivity (Wildman–Crippen MR) is 308 cm³/mol. The maximum atomic E-state index is 12.5. The summed E-state index contributed by atoms with van der Waals surface area (Å²) in [6.07, 6.45) is 93.9. The van der Waals surface area contributed by atoms with E-state index in [0.717, 1.165) is 109 Å². The normalized spacial score (nSPS) is 14.1. The van der Waals surface area contributed by atoms with Crippen molar-refractivity contribution in [2.45, 2.75) is 238 Å². The molecule has 0 saturated carbocycles. The van der Waals surface area contributed by atoms with Crippen molar-refractivity contribution in [3.63, 3.8) is 0 Å². The molecule has 0 aliphatic heterocycles. The molecule has 0 aromatic rings. The fraction of sp³-hybridized carbons (Fsp3) is 0.585. The first-order valence-electron chi connectivity index (χ1n) is 28.2. The summed E-state index contributed by atoms with van der Waals surface area (Å²) in [5.41, 5.74) is 0. The first kappa shape index (κ1) is 65.0. The Kier molecular flexibility index (Phi) is 55.0. The van der Waals surface area contributed by atoms with Gasteiger partial charge in [-0.2, -0.15) is 0 Å². The zero-order valence-electron chi connectivity index (χ0n) is 44.5. The number of allylic oxidation sites excluding steroid dienone is 25. The van der Waals surface area contributed by atoms with Gasteiger partial charge in [-0.1, -0.05) is 255 Å². The first-order chi connectivity index (χ1) is 34.2. The van der Waals surface area contributed by atoms with Crippen molar-refractivity contribution in [1.82, 2.24) is 5.32 Å². The van der Waals surface area contributed by atoms with Crippen LogP contribution in [-0.2, 0) is 4.79 Å². The third-order valence-corrected chi connectivity index (χ3v) is 11.7. The maximum Gasteiger partial charge on any atom is 0.220 e. The third-order valence-electron chi connectivity index (χ3n) is 11.7. The number of unbranched alkanes of at least 4 members (excludes halogenated alkanes) is 18. The Morgan fingerprint density at radius 1 is 0.362 bits per heavy atom. The smallest absolute Gasteiger partial charge is 0.220 e. The minimum atomic E-state index is -0.902. The molecule has 0 heterocycles. The summed E-state index contributed by atoms with van der Waals surface area (Å²) in [4.78, 5) is 12.5. The lowest BCUT2D eigenvalue weighted by atomic mass is 10.0. The topological polar surface area (TPSA) is 69.6 Å². The lowest BCUT2D eigenvalue weighted by Gasteiger charge is -2.19. The van der Waals surface area contributed by atoms with E-state index in [0.29, 0.717) is 6.42 Å². The van der Waals surface area contributed by atoms with E-state index in [2.05, 4.69) is 165 Å². The van der Waals surface area contributed by atoms with E-state index in [1.807, 2.05) is 6.08 Å². The highest BCUT2D eigenvalue weighted by atomic mass is 16.3. The quantitative estimate of drug-likeness (QED) is 0.0420. The van der Waals surface area contributed by atoms with Crippen LogP contribution in [0.5, 0.6) is 0 Å². The SMILES string of the molecule is CC/C=C\C/C=C\C/C=C\C/C=C\C/C=C\C/C=C\C/C=C\C/C=C\C/C=C\C/C=C\CCCCC(=O)NC(CO)C(O)/C=C/CC/C=C/CC/C=C/CCCCCCCCCCCCCCCC. The summed E-state index contributed by atoms with van der Waals surface area (Å²) in [5.74, 6) is -0.126. The number of nitrogens with one attached hydrogen (secondary N) is 1. The minimum absolute atomic E-state index is 0.126. The van der Waals surface area contributed by atoms with Gasteiger partial charge in [0.05, 0.1) is 18.8 Å². The fourth-order valence-electron chi connectivity index (χ4n) is 7.47. The Bertz CT molecular complexity index is 1490. The largest absolute Gasteiger partial charge is 0.394 e. The van der Waals surface area contributed by atoms with Gasteiger partial charge in [-0.05, 0) is 122 Å². The van der Waals surface area contributed by atoms with Gasteiger partial charge >= 0.3 is 0 Å². The minimum Gasteiger partial charge on any atom is -0.394 e. The average Bonchev–Trinajstić information content (AvgIpc) is 3.35. The van der Waals surface area contributed by atoms with Crippen LogP contribution in [0.25, 0.3) is 0 Å². The van der Waals surface area contributed by atoms with Crippen LogP contribution in [0, 0.1) is 0 Å². The zero-order valence-corrected chi connectivity index (χ0v) is 44.5. The molecule has 4 nitrogen and oxygen atoms in total. The number of hydrogen-bond acceptors (Lipinski definition) is 3. The van der Waals surface area contributed by atoms with E-state index < -0.39 is 12.1 Å². The molecule has 69 heavy (non-hydrogen) atoms. The number of rotatable bonds is 49. The second kappa shape index (κ2) is 58.3. The molecule has 1 amide bonds. The Labute approximate surface area is 426 Å². The molecule has 0 bridgehead atoms. The van der Waals surface area contributed by atoms with Crippen molar-refractivity contribution < 1.29 is 15.0 Å². The van der Waals surface area contributed by atoms with Crippen LogP contribution in [0.4, 0.5) is 0 Å². The molecule has 0 spiro atoms. The van der Waals surface area contributed by atoms with Crippen LogP contribution in [0.1, 0.15) is 226 Å². The van der Waals surface area contributed by atoms with Gasteiger partial charge in [-0.3, -0.25) is 4.79 Å². The molecule has 0 rings (SSSR count). The molecule has 0 aliphatic carbocycles. The summed E-state index contributed by atoms with van der Waals surface area (Å²) < 4.78 is 0. The Morgan fingerprint density at radius 3 is 1.01 bits per heavy atom. The molecule has 0 radical (unpaired) electrons. The summed E-state index contributed by atoms with van der Waals surface area (Å²) >= 11 is 0. The van der Waals surface area contributed by atoms with Crippen LogP contribution >= 0.6 is 0 Å². The van der Waals surface area contributed by atoms with E-state index in [4.69, 9.17) is 0 Å². The number of aliphatic hydroxyl groups excluding tert-OH is 2. The monoisotopic (exact) mass is 948 g/mol. The Hall–Kier alpha value is -3.99. The van der Waals surface area contributed by atoms with E-state index in [1.54, 1.807) is 6.08 Å². The van der Waals surface area contributed by atoms with Gasteiger partial charge < -0.3 is 15.5 Å². The van der Waals surface area contributed by atoms with Crippen LogP contribution < -0.4 is 5.32 Å². The number of amides is 1. The summed E-state index contributed by atoms with van der Waals surface area (Å²) in [6.45, 7) is 4.16. The van der Waals surface area contributed by atoms with E-state index in [-0.39, 0.29) is 12.5 Å². The van der Waals surface area contributed by atoms with E-state index >= 15 is 0 Å². The van der Waals surface area contributed by atoms with Gasteiger partial charge in [0, 0.05) is 6.42 Å².